The third-order valence-electron chi connectivity index (χ3n) is 3.49. The van der Waals surface area contributed by atoms with Gasteiger partial charge in [-0.1, -0.05) is 20.8 Å². The van der Waals surface area contributed by atoms with E-state index in [9.17, 15) is 0 Å². The van der Waals surface area contributed by atoms with Crippen LogP contribution in [0.25, 0.3) is 0 Å². The summed E-state index contributed by atoms with van der Waals surface area (Å²) < 4.78 is 0. The summed E-state index contributed by atoms with van der Waals surface area (Å²) in [5.74, 6) is 3.80. The molecule has 4 heteroatoms. The molecule has 0 radical (unpaired) electrons. The Labute approximate surface area is 121 Å². The molecule has 1 aromatic rings. The minimum absolute atomic E-state index is 0.463. The lowest BCUT2D eigenvalue weighted by atomic mass is 10.0. The lowest BCUT2D eigenvalue weighted by molar-refractivity contribution is 0.751. The van der Waals surface area contributed by atoms with Gasteiger partial charge in [-0.2, -0.15) is 11.8 Å². The highest BCUT2D eigenvalue weighted by atomic mass is 32.2. The Kier molecular flexibility index (Phi) is 5.08. The normalized spacial score (nSPS) is 19.1. The Morgan fingerprint density at radius 2 is 2.16 bits per heavy atom. The summed E-state index contributed by atoms with van der Waals surface area (Å²) in [5, 5.41) is 3.99. The maximum Gasteiger partial charge on any atom is 0.143 e. The fraction of sp³-hybridized carbons (Fsp3) is 0.733. The second-order valence-corrected chi connectivity index (χ2v) is 6.82. The maximum absolute atomic E-state index is 4.83. The molecule has 0 spiro atoms. The van der Waals surface area contributed by atoms with Crippen LogP contribution < -0.4 is 5.32 Å². The number of anilines is 1. The number of nitrogens with one attached hydrogen (secondary N) is 1. The van der Waals surface area contributed by atoms with Crippen molar-refractivity contribution in [2.45, 2.75) is 58.1 Å². The summed E-state index contributed by atoms with van der Waals surface area (Å²) in [6.45, 7) is 9.72. The second-order valence-electron chi connectivity index (χ2n) is 5.51. The van der Waals surface area contributed by atoms with Crippen LogP contribution >= 0.6 is 11.8 Å². The minimum atomic E-state index is 0.463. The summed E-state index contributed by atoms with van der Waals surface area (Å²) in [6.07, 6.45) is 3.63. The van der Waals surface area contributed by atoms with Gasteiger partial charge in [0.25, 0.3) is 0 Å². The number of hydrogen-bond acceptors (Lipinski definition) is 4. The van der Waals surface area contributed by atoms with Gasteiger partial charge in [0.15, 0.2) is 0 Å². The zero-order valence-electron chi connectivity index (χ0n) is 12.5. The molecule has 0 aromatic carbocycles. The predicted octanol–water partition coefficient (Wildman–Crippen LogP) is 4.30. The van der Waals surface area contributed by atoms with Crippen molar-refractivity contribution < 1.29 is 0 Å². The average Bonchev–Trinajstić information content (AvgIpc) is 2.88. The third kappa shape index (κ3) is 3.41. The van der Waals surface area contributed by atoms with Crippen molar-refractivity contribution in [2.24, 2.45) is 0 Å². The molecule has 2 heterocycles. The van der Waals surface area contributed by atoms with Crippen LogP contribution in [0.1, 0.15) is 68.3 Å². The van der Waals surface area contributed by atoms with Gasteiger partial charge < -0.3 is 5.32 Å². The predicted molar refractivity (Wildman–Crippen MR) is 84.1 cm³/mol. The molecule has 1 saturated heterocycles. The Hall–Kier alpha value is -0.770. The van der Waals surface area contributed by atoms with E-state index >= 15 is 0 Å². The van der Waals surface area contributed by atoms with Crippen LogP contribution in [-0.4, -0.2) is 22.3 Å². The van der Waals surface area contributed by atoms with Crippen molar-refractivity contribution in [1.82, 2.24) is 9.97 Å². The highest BCUT2D eigenvalue weighted by molar-refractivity contribution is 7.99. The first-order valence-corrected chi connectivity index (χ1v) is 8.42. The van der Waals surface area contributed by atoms with Gasteiger partial charge in [-0.05, 0) is 37.9 Å². The molecule has 1 aromatic heterocycles. The lowest BCUT2D eigenvalue weighted by Gasteiger charge is -2.18. The Bertz CT molecular complexity index is 426. The van der Waals surface area contributed by atoms with E-state index in [0.717, 1.165) is 30.3 Å². The molecule has 0 saturated carbocycles. The molecule has 1 N–H and O–H groups in total. The van der Waals surface area contributed by atoms with Crippen LogP contribution in [0.4, 0.5) is 5.82 Å². The van der Waals surface area contributed by atoms with Gasteiger partial charge >= 0.3 is 0 Å². The van der Waals surface area contributed by atoms with Crippen LogP contribution in [0, 0.1) is 6.92 Å². The lowest BCUT2D eigenvalue weighted by Crippen LogP contribution is -2.12. The van der Waals surface area contributed by atoms with E-state index in [1.807, 2.05) is 11.8 Å². The molecule has 0 aliphatic carbocycles. The van der Waals surface area contributed by atoms with Gasteiger partial charge in [0, 0.05) is 17.8 Å². The largest absolute Gasteiger partial charge is 0.370 e. The summed E-state index contributed by atoms with van der Waals surface area (Å²) in [4.78, 5) is 9.60. The summed E-state index contributed by atoms with van der Waals surface area (Å²) in [7, 11) is 0. The van der Waals surface area contributed by atoms with Crippen LogP contribution in [0.2, 0.25) is 0 Å². The molecule has 3 nitrogen and oxygen atoms in total. The molecule has 1 atom stereocenters. The molecule has 2 rings (SSSR count). The van der Waals surface area contributed by atoms with Crippen LogP contribution in [0.5, 0.6) is 0 Å². The first-order chi connectivity index (χ1) is 9.13. The number of rotatable bonds is 5. The number of thioether (sulfide) groups is 1. The van der Waals surface area contributed by atoms with E-state index in [4.69, 9.17) is 9.97 Å². The first kappa shape index (κ1) is 14.6. The summed E-state index contributed by atoms with van der Waals surface area (Å²) >= 11 is 2.00. The zero-order valence-corrected chi connectivity index (χ0v) is 13.3. The number of aromatic nitrogens is 2. The summed E-state index contributed by atoms with van der Waals surface area (Å²) in [5.41, 5.74) is 2.42. The molecule has 0 bridgehead atoms. The fourth-order valence-corrected chi connectivity index (χ4v) is 3.80. The van der Waals surface area contributed by atoms with E-state index in [0.29, 0.717) is 11.2 Å². The van der Waals surface area contributed by atoms with Gasteiger partial charge in [-0.15, -0.1) is 0 Å². The van der Waals surface area contributed by atoms with Crippen molar-refractivity contribution in [3.05, 3.63) is 17.1 Å². The van der Waals surface area contributed by atoms with Crippen LogP contribution in [-0.2, 0) is 0 Å². The first-order valence-electron chi connectivity index (χ1n) is 7.37. The van der Waals surface area contributed by atoms with E-state index < -0.39 is 0 Å². The van der Waals surface area contributed by atoms with Gasteiger partial charge in [-0.25, -0.2) is 9.97 Å². The molecule has 0 amide bonds. The minimum Gasteiger partial charge on any atom is -0.370 e. The Balaban J connectivity index is 2.34. The third-order valence-corrected chi connectivity index (χ3v) is 4.86. The van der Waals surface area contributed by atoms with E-state index in [1.54, 1.807) is 0 Å². The number of nitrogens with zero attached hydrogens (tertiary/aromatic N) is 2. The molecule has 1 unspecified atom stereocenters. The summed E-state index contributed by atoms with van der Waals surface area (Å²) in [6, 6.07) is 0. The quantitative estimate of drug-likeness (QED) is 0.872. The van der Waals surface area contributed by atoms with Gasteiger partial charge in [-0.3, -0.25) is 0 Å². The molecule has 1 aliphatic heterocycles. The molecular weight excluding hydrogens is 254 g/mol. The Morgan fingerprint density at radius 1 is 1.37 bits per heavy atom. The van der Waals surface area contributed by atoms with E-state index in [2.05, 4.69) is 33.0 Å². The highest BCUT2D eigenvalue weighted by Gasteiger charge is 2.23. The molecule has 19 heavy (non-hydrogen) atoms. The van der Waals surface area contributed by atoms with Crippen LogP contribution in [0.15, 0.2) is 0 Å². The van der Waals surface area contributed by atoms with Crippen molar-refractivity contribution >= 4 is 17.6 Å². The fourth-order valence-electron chi connectivity index (χ4n) is 2.60. The van der Waals surface area contributed by atoms with Crippen molar-refractivity contribution in [3.8, 4) is 0 Å². The van der Waals surface area contributed by atoms with Gasteiger partial charge in [0.1, 0.15) is 11.6 Å². The van der Waals surface area contributed by atoms with Crippen molar-refractivity contribution in [3.63, 3.8) is 0 Å². The van der Waals surface area contributed by atoms with Crippen molar-refractivity contribution in [2.75, 3.05) is 17.6 Å². The average molecular weight is 279 g/mol. The molecule has 1 aliphatic rings. The maximum atomic E-state index is 4.83. The zero-order chi connectivity index (χ0) is 13.8. The van der Waals surface area contributed by atoms with Gasteiger partial charge in [0.05, 0.1) is 5.25 Å². The monoisotopic (exact) mass is 279 g/mol. The smallest absolute Gasteiger partial charge is 0.143 e. The number of aryl methyl sites for hydroxylation is 1. The topological polar surface area (TPSA) is 37.8 Å². The number of hydrogen-bond donors (Lipinski definition) is 1. The SMILES string of the molecule is CCCNc1nc(C2CCCS2)nc(C)c1C(C)C. The van der Waals surface area contributed by atoms with E-state index in [1.165, 1.54) is 24.2 Å². The van der Waals surface area contributed by atoms with E-state index in [-0.39, 0.29) is 0 Å². The van der Waals surface area contributed by atoms with Gasteiger partial charge in [0.2, 0.25) is 0 Å². The Morgan fingerprint density at radius 3 is 2.74 bits per heavy atom. The standard InChI is InChI=1S/C15H25N3S/c1-5-8-16-15-13(10(2)3)11(4)17-14(18-15)12-7-6-9-19-12/h10,12H,5-9H2,1-4H3,(H,16,17,18). The second kappa shape index (κ2) is 6.60. The molecule has 106 valence electrons. The van der Waals surface area contributed by atoms with Crippen molar-refractivity contribution in [1.29, 1.82) is 0 Å². The highest BCUT2D eigenvalue weighted by Crippen LogP contribution is 2.39. The van der Waals surface area contributed by atoms with Crippen LogP contribution in [0.3, 0.4) is 0 Å². The molecular formula is C15H25N3S. The molecule has 1 fully saturated rings.